The summed E-state index contributed by atoms with van der Waals surface area (Å²) in [5, 5.41) is 0. The van der Waals surface area contributed by atoms with Crippen molar-refractivity contribution in [2.24, 2.45) is 16.6 Å². The summed E-state index contributed by atoms with van der Waals surface area (Å²) in [6, 6.07) is 4.72. The third-order valence-corrected chi connectivity index (χ3v) is 3.11. The summed E-state index contributed by atoms with van der Waals surface area (Å²) in [6.45, 7) is 12.6. The minimum Gasteiger partial charge on any atom is -0.462 e. The van der Waals surface area contributed by atoms with E-state index in [4.69, 9.17) is 10.5 Å². The molecule has 1 aliphatic rings. The molecule has 1 fully saturated rings. The maximum Gasteiger partial charge on any atom is 0.167 e. The summed E-state index contributed by atoms with van der Waals surface area (Å²) in [4.78, 5) is 3.77. The third kappa shape index (κ3) is 14.2. The van der Waals surface area contributed by atoms with Crippen LogP contribution in [0.3, 0.4) is 0 Å². The van der Waals surface area contributed by atoms with Crippen molar-refractivity contribution in [2.45, 2.75) is 26.2 Å². The standard InChI is InChI=1S/C15H21FN4O.C3H6.C3H4/c16-14-10-13(20-19-8-6-12-2-3-12)4-5-15(14)21-9-1-7-18-11-17;2*1-3-2/h1,4-5,7,9-10,12,19-20H,2-3,6,8,11,17H2;3H,1H2,2H3;1-2H2/b9-1+,18-7-;;. The molecule has 0 aliphatic heterocycles. The first-order valence-corrected chi connectivity index (χ1v) is 8.79. The lowest BCUT2D eigenvalue weighted by molar-refractivity contribution is 0.441. The van der Waals surface area contributed by atoms with E-state index in [0.717, 1.165) is 18.9 Å². The zero-order valence-corrected chi connectivity index (χ0v) is 16.1. The molecule has 1 aliphatic carbocycles. The van der Waals surface area contributed by atoms with Crippen molar-refractivity contribution in [2.75, 3.05) is 18.6 Å². The Morgan fingerprint density at radius 1 is 1.41 bits per heavy atom. The van der Waals surface area contributed by atoms with Gasteiger partial charge < -0.3 is 15.9 Å². The molecule has 1 saturated carbocycles. The number of hydrazine groups is 1. The molecule has 6 heteroatoms. The van der Waals surface area contributed by atoms with Crippen LogP contribution in [0.5, 0.6) is 5.75 Å². The Kier molecular flexibility index (Phi) is 15.1. The highest BCUT2D eigenvalue weighted by atomic mass is 19.1. The lowest BCUT2D eigenvalue weighted by Crippen LogP contribution is -2.23. The van der Waals surface area contributed by atoms with E-state index in [1.165, 1.54) is 31.4 Å². The molecule has 2 rings (SSSR count). The number of hydrogen-bond donors (Lipinski definition) is 3. The molecule has 1 aromatic carbocycles. The number of allylic oxidation sites excluding steroid dienone is 2. The number of aliphatic imine (C=N–C) groups is 1. The Hall–Kier alpha value is -2.66. The van der Waals surface area contributed by atoms with Gasteiger partial charge in [0.2, 0.25) is 0 Å². The molecule has 0 radical (unpaired) electrons. The van der Waals surface area contributed by atoms with Gasteiger partial charge in [-0.05, 0) is 37.5 Å². The quantitative estimate of drug-likeness (QED) is 0.148. The second kappa shape index (κ2) is 16.8. The SMILES string of the molecule is C=C=C.C=CC.NC/N=C\C=C\Oc1ccc(NNCCC2CC2)cc1F. The summed E-state index contributed by atoms with van der Waals surface area (Å²) in [5.41, 5.74) is 14.2. The summed E-state index contributed by atoms with van der Waals surface area (Å²) >= 11 is 0. The molecule has 0 aromatic heterocycles. The molecular formula is C21H31FN4O. The van der Waals surface area contributed by atoms with Crippen LogP contribution in [0, 0.1) is 11.7 Å². The molecule has 0 unspecified atom stereocenters. The second-order valence-electron chi connectivity index (χ2n) is 5.55. The van der Waals surface area contributed by atoms with Gasteiger partial charge in [0.05, 0.1) is 18.6 Å². The Bertz CT molecular complexity index is 619. The van der Waals surface area contributed by atoms with Crippen LogP contribution in [0.1, 0.15) is 26.2 Å². The molecule has 0 amide bonds. The summed E-state index contributed by atoms with van der Waals surface area (Å²) in [7, 11) is 0. The van der Waals surface area contributed by atoms with Crippen molar-refractivity contribution in [1.29, 1.82) is 0 Å². The zero-order chi connectivity index (χ0) is 20.3. The fraction of sp³-hybridized carbons (Fsp3) is 0.333. The number of hydrogen-bond acceptors (Lipinski definition) is 5. The van der Waals surface area contributed by atoms with Gasteiger partial charge in [-0.3, -0.25) is 4.99 Å². The Labute approximate surface area is 162 Å². The van der Waals surface area contributed by atoms with Crippen molar-refractivity contribution in [3.05, 3.63) is 67.9 Å². The van der Waals surface area contributed by atoms with Crippen molar-refractivity contribution >= 4 is 11.9 Å². The average molecular weight is 375 g/mol. The van der Waals surface area contributed by atoms with Gasteiger partial charge in [0.25, 0.3) is 0 Å². The highest BCUT2D eigenvalue weighted by Crippen LogP contribution is 2.31. The molecule has 5 nitrogen and oxygen atoms in total. The first-order chi connectivity index (χ1) is 13.1. The molecule has 0 saturated heterocycles. The second-order valence-corrected chi connectivity index (χ2v) is 5.55. The van der Waals surface area contributed by atoms with Crippen molar-refractivity contribution in [1.82, 2.24) is 5.43 Å². The van der Waals surface area contributed by atoms with E-state index in [2.05, 4.69) is 41.3 Å². The Morgan fingerprint density at radius 2 is 2.07 bits per heavy atom. The minimum atomic E-state index is -0.426. The number of nitrogens with two attached hydrogens (primary N) is 1. The Morgan fingerprint density at radius 3 is 2.63 bits per heavy atom. The average Bonchev–Trinajstić information content (AvgIpc) is 3.46. The molecule has 1 aromatic rings. The number of halogens is 1. The normalized spacial score (nSPS) is 12.4. The lowest BCUT2D eigenvalue weighted by Gasteiger charge is -2.09. The first kappa shape index (κ1) is 24.3. The largest absolute Gasteiger partial charge is 0.462 e. The highest BCUT2D eigenvalue weighted by Gasteiger charge is 2.19. The van der Waals surface area contributed by atoms with Gasteiger partial charge >= 0.3 is 0 Å². The van der Waals surface area contributed by atoms with E-state index >= 15 is 0 Å². The van der Waals surface area contributed by atoms with Gasteiger partial charge in [-0.15, -0.1) is 12.3 Å². The maximum absolute atomic E-state index is 13.8. The van der Waals surface area contributed by atoms with E-state index in [0.29, 0.717) is 5.69 Å². The summed E-state index contributed by atoms with van der Waals surface area (Å²) in [6.07, 6.45) is 10.00. The predicted octanol–water partition coefficient (Wildman–Crippen LogP) is 4.57. The van der Waals surface area contributed by atoms with E-state index in [-0.39, 0.29) is 12.4 Å². The third-order valence-electron chi connectivity index (χ3n) is 3.11. The lowest BCUT2D eigenvalue weighted by atomic mass is 10.3. The van der Waals surface area contributed by atoms with Crippen LogP contribution in [0.4, 0.5) is 10.1 Å². The van der Waals surface area contributed by atoms with E-state index in [1.54, 1.807) is 24.3 Å². The molecular weight excluding hydrogens is 343 g/mol. The molecule has 27 heavy (non-hydrogen) atoms. The van der Waals surface area contributed by atoms with E-state index in [9.17, 15) is 4.39 Å². The zero-order valence-electron chi connectivity index (χ0n) is 16.1. The van der Waals surface area contributed by atoms with Crippen LogP contribution >= 0.6 is 0 Å². The van der Waals surface area contributed by atoms with Crippen LogP contribution in [0.15, 0.2) is 67.1 Å². The van der Waals surface area contributed by atoms with Crippen LogP contribution in [0.2, 0.25) is 0 Å². The van der Waals surface area contributed by atoms with Crippen LogP contribution in [0.25, 0.3) is 0 Å². The number of anilines is 1. The van der Waals surface area contributed by atoms with Gasteiger partial charge in [0.15, 0.2) is 11.6 Å². The van der Waals surface area contributed by atoms with Crippen molar-refractivity contribution in [3.63, 3.8) is 0 Å². The van der Waals surface area contributed by atoms with Gasteiger partial charge in [0.1, 0.15) is 0 Å². The minimum absolute atomic E-state index is 0.163. The van der Waals surface area contributed by atoms with Crippen molar-refractivity contribution < 1.29 is 9.13 Å². The number of benzene rings is 1. The van der Waals surface area contributed by atoms with E-state index < -0.39 is 5.82 Å². The smallest absolute Gasteiger partial charge is 0.167 e. The Balaban J connectivity index is 0.000000997. The maximum atomic E-state index is 13.8. The van der Waals surface area contributed by atoms with E-state index in [1.807, 2.05) is 6.92 Å². The summed E-state index contributed by atoms with van der Waals surface area (Å²) < 4.78 is 19.0. The van der Waals surface area contributed by atoms with Gasteiger partial charge in [-0.1, -0.05) is 32.1 Å². The number of nitrogens with zero attached hydrogens (tertiary/aromatic N) is 1. The van der Waals surface area contributed by atoms with Crippen molar-refractivity contribution in [3.8, 4) is 5.75 Å². The van der Waals surface area contributed by atoms with Gasteiger partial charge in [-0.2, -0.15) is 0 Å². The highest BCUT2D eigenvalue weighted by molar-refractivity contribution is 5.70. The molecule has 4 N–H and O–H groups in total. The molecule has 148 valence electrons. The number of nitrogens with one attached hydrogen (secondary N) is 2. The molecule has 0 spiro atoms. The van der Waals surface area contributed by atoms with Crippen LogP contribution in [-0.4, -0.2) is 19.4 Å². The van der Waals surface area contributed by atoms with Gasteiger partial charge in [0, 0.05) is 18.8 Å². The fourth-order valence-electron chi connectivity index (χ4n) is 1.79. The monoisotopic (exact) mass is 374 g/mol. The number of ether oxygens (including phenoxy) is 1. The molecule has 0 bridgehead atoms. The number of rotatable bonds is 9. The van der Waals surface area contributed by atoms with Crippen LogP contribution < -0.4 is 21.3 Å². The predicted molar refractivity (Wildman–Crippen MR) is 113 cm³/mol. The van der Waals surface area contributed by atoms with Crippen LogP contribution in [-0.2, 0) is 0 Å². The molecule has 0 atom stereocenters. The molecule has 0 heterocycles. The topological polar surface area (TPSA) is 71.7 Å². The first-order valence-electron chi connectivity index (χ1n) is 8.79. The fourth-order valence-corrected chi connectivity index (χ4v) is 1.79. The van der Waals surface area contributed by atoms with Gasteiger partial charge in [-0.25, -0.2) is 9.82 Å². The summed E-state index contributed by atoms with van der Waals surface area (Å²) in [5.74, 6) is 0.613.